The fraction of sp³-hybridized carbons (Fsp3) is 0.846. The van der Waals surface area contributed by atoms with E-state index < -0.39 is 0 Å². The monoisotopic (exact) mass is 253 g/mol. The SMILES string of the molecule is CC(=O)N1CCCN(C(=O)[C@@H]2CNC[C@H]2C)CC1. The van der Waals surface area contributed by atoms with E-state index in [-0.39, 0.29) is 17.7 Å². The largest absolute Gasteiger partial charge is 0.341 e. The molecule has 0 aromatic heterocycles. The molecule has 2 fully saturated rings. The van der Waals surface area contributed by atoms with Crippen molar-refractivity contribution in [1.82, 2.24) is 15.1 Å². The molecule has 2 heterocycles. The Labute approximate surface area is 108 Å². The first-order valence-corrected chi connectivity index (χ1v) is 6.84. The van der Waals surface area contributed by atoms with Crippen LogP contribution in [0.15, 0.2) is 0 Å². The number of hydrogen-bond acceptors (Lipinski definition) is 3. The molecule has 0 aromatic carbocycles. The molecule has 102 valence electrons. The molecule has 0 bridgehead atoms. The first-order chi connectivity index (χ1) is 8.59. The van der Waals surface area contributed by atoms with Crippen molar-refractivity contribution in [1.29, 1.82) is 0 Å². The topological polar surface area (TPSA) is 52.7 Å². The molecule has 2 saturated heterocycles. The lowest BCUT2D eigenvalue weighted by molar-refractivity contribution is -0.136. The van der Waals surface area contributed by atoms with E-state index in [2.05, 4.69) is 12.2 Å². The van der Waals surface area contributed by atoms with Gasteiger partial charge in [-0.2, -0.15) is 0 Å². The highest BCUT2D eigenvalue weighted by Crippen LogP contribution is 2.19. The molecule has 0 radical (unpaired) electrons. The van der Waals surface area contributed by atoms with Crippen LogP contribution in [0.2, 0.25) is 0 Å². The van der Waals surface area contributed by atoms with Gasteiger partial charge in [-0.05, 0) is 18.9 Å². The minimum Gasteiger partial charge on any atom is -0.341 e. The third kappa shape index (κ3) is 2.83. The van der Waals surface area contributed by atoms with Crippen LogP contribution in [-0.4, -0.2) is 60.9 Å². The van der Waals surface area contributed by atoms with Crippen molar-refractivity contribution in [2.45, 2.75) is 20.3 Å². The highest BCUT2D eigenvalue weighted by atomic mass is 16.2. The maximum atomic E-state index is 12.4. The van der Waals surface area contributed by atoms with Crippen LogP contribution in [0.4, 0.5) is 0 Å². The van der Waals surface area contributed by atoms with Gasteiger partial charge in [0.25, 0.3) is 0 Å². The fourth-order valence-corrected chi connectivity index (χ4v) is 2.83. The third-order valence-corrected chi connectivity index (χ3v) is 4.09. The van der Waals surface area contributed by atoms with E-state index in [0.29, 0.717) is 19.0 Å². The second kappa shape index (κ2) is 5.69. The van der Waals surface area contributed by atoms with E-state index in [9.17, 15) is 9.59 Å². The zero-order valence-corrected chi connectivity index (χ0v) is 11.3. The van der Waals surface area contributed by atoms with E-state index in [1.807, 2.05) is 9.80 Å². The van der Waals surface area contributed by atoms with Crippen LogP contribution in [-0.2, 0) is 9.59 Å². The first-order valence-electron chi connectivity index (χ1n) is 6.84. The predicted octanol–water partition coefficient (Wildman–Crippen LogP) is -0.0773. The number of carbonyl (C=O) groups excluding carboxylic acids is 2. The van der Waals surface area contributed by atoms with Gasteiger partial charge in [0, 0.05) is 39.6 Å². The minimum atomic E-state index is 0.111. The van der Waals surface area contributed by atoms with Gasteiger partial charge in [-0.1, -0.05) is 6.92 Å². The minimum absolute atomic E-state index is 0.111. The maximum absolute atomic E-state index is 12.4. The van der Waals surface area contributed by atoms with E-state index in [1.54, 1.807) is 6.92 Å². The van der Waals surface area contributed by atoms with Crippen molar-refractivity contribution in [2.24, 2.45) is 11.8 Å². The summed E-state index contributed by atoms with van der Waals surface area (Å²) in [6.07, 6.45) is 0.889. The van der Waals surface area contributed by atoms with Crippen LogP contribution in [0.1, 0.15) is 20.3 Å². The Balaban J connectivity index is 1.93. The Hall–Kier alpha value is -1.10. The Morgan fingerprint density at radius 1 is 1.06 bits per heavy atom. The summed E-state index contributed by atoms with van der Waals surface area (Å²) in [5.41, 5.74) is 0. The summed E-state index contributed by atoms with van der Waals surface area (Å²) in [6, 6.07) is 0. The van der Waals surface area contributed by atoms with Crippen molar-refractivity contribution in [3.8, 4) is 0 Å². The molecule has 0 unspecified atom stereocenters. The van der Waals surface area contributed by atoms with Crippen LogP contribution in [0, 0.1) is 11.8 Å². The van der Waals surface area contributed by atoms with Crippen LogP contribution in [0.25, 0.3) is 0 Å². The Morgan fingerprint density at radius 3 is 2.33 bits per heavy atom. The number of nitrogens with zero attached hydrogens (tertiary/aromatic N) is 2. The van der Waals surface area contributed by atoms with Gasteiger partial charge in [-0.25, -0.2) is 0 Å². The summed E-state index contributed by atoms with van der Waals surface area (Å²) in [5.74, 6) is 0.914. The van der Waals surface area contributed by atoms with Gasteiger partial charge >= 0.3 is 0 Å². The quantitative estimate of drug-likeness (QED) is 0.711. The highest BCUT2D eigenvalue weighted by molar-refractivity contribution is 5.80. The van der Waals surface area contributed by atoms with Gasteiger partial charge < -0.3 is 15.1 Å². The zero-order valence-electron chi connectivity index (χ0n) is 11.3. The lowest BCUT2D eigenvalue weighted by Crippen LogP contribution is -2.41. The Bertz CT molecular complexity index is 332. The number of nitrogens with one attached hydrogen (secondary N) is 1. The second-order valence-electron chi connectivity index (χ2n) is 5.43. The lowest BCUT2D eigenvalue weighted by atomic mass is 9.96. The number of hydrogen-bond donors (Lipinski definition) is 1. The van der Waals surface area contributed by atoms with E-state index in [1.165, 1.54) is 0 Å². The average Bonchev–Trinajstić information content (AvgIpc) is 2.63. The number of amides is 2. The van der Waals surface area contributed by atoms with Crippen LogP contribution < -0.4 is 5.32 Å². The Morgan fingerprint density at radius 2 is 1.72 bits per heavy atom. The molecule has 2 amide bonds. The summed E-state index contributed by atoms with van der Waals surface area (Å²) < 4.78 is 0. The van der Waals surface area contributed by atoms with Gasteiger partial charge in [0.05, 0.1) is 5.92 Å². The molecular formula is C13H23N3O2. The molecule has 0 aromatic rings. The van der Waals surface area contributed by atoms with Crippen molar-refractivity contribution >= 4 is 11.8 Å². The molecule has 2 aliphatic heterocycles. The molecule has 0 saturated carbocycles. The Kier molecular flexibility index (Phi) is 4.22. The second-order valence-corrected chi connectivity index (χ2v) is 5.43. The van der Waals surface area contributed by atoms with Crippen molar-refractivity contribution in [3.63, 3.8) is 0 Å². The molecule has 1 N–H and O–H groups in total. The highest BCUT2D eigenvalue weighted by Gasteiger charge is 2.33. The van der Waals surface area contributed by atoms with Crippen LogP contribution >= 0.6 is 0 Å². The summed E-state index contributed by atoms with van der Waals surface area (Å²) in [4.78, 5) is 27.5. The summed E-state index contributed by atoms with van der Waals surface area (Å²) in [5, 5.41) is 3.27. The van der Waals surface area contributed by atoms with Gasteiger partial charge in [-0.15, -0.1) is 0 Å². The maximum Gasteiger partial charge on any atom is 0.227 e. The van der Waals surface area contributed by atoms with Crippen LogP contribution in [0.5, 0.6) is 0 Å². The molecular weight excluding hydrogens is 230 g/mol. The molecule has 5 heteroatoms. The standard InChI is InChI=1S/C13H23N3O2/c1-10-8-14-9-12(10)13(18)16-5-3-4-15(6-7-16)11(2)17/h10,12,14H,3-9H2,1-2H3/t10-,12-/m1/s1. The van der Waals surface area contributed by atoms with E-state index >= 15 is 0 Å². The molecule has 2 atom stereocenters. The van der Waals surface area contributed by atoms with Crippen LogP contribution in [0.3, 0.4) is 0 Å². The van der Waals surface area contributed by atoms with Crippen molar-refractivity contribution in [3.05, 3.63) is 0 Å². The molecule has 0 spiro atoms. The van der Waals surface area contributed by atoms with Gasteiger partial charge in [0.1, 0.15) is 0 Å². The van der Waals surface area contributed by atoms with Gasteiger partial charge in [0.2, 0.25) is 11.8 Å². The first kappa shape index (κ1) is 13.3. The van der Waals surface area contributed by atoms with Gasteiger partial charge in [0.15, 0.2) is 0 Å². The lowest BCUT2D eigenvalue weighted by Gasteiger charge is -2.25. The number of carbonyl (C=O) groups is 2. The predicted molar refractivity (Wildman–Crippen MR) is 69.0 cm³/mol. The molecule has 5 nitrogen and oxygen atoms in total. The fourth-order valence-electron chi connectivity index (χ4n) is 2.83. The van der Waals surface area contributed by atoms with Crippen molar-refractivity contribution in [2.75, 3.05) is 39.3 Å². The zero-order chi connectivity index (χ0) is 13.1. The van der Waals surface area contributed by atoms with E-state index in [4.69, 9.17) is 0 Å². The molecule has 18 heavy (non-hydrogen) atoms. The number of rotatable bonds is 1. The molecule has 0 aliphatic carbocycles. The normalized spacial score (nSPS) is 29.2. The smallest absolute Gasteiger partial charge is 0.227 e. The summed E-state index contributed by atoms with van der Waals surface area (Å²) >= 11 is 0. The van der Waals surface area contributed by atoms with Crippen molar-refractivity contribution < 1.29 is 9.59 Å². The summed E-state index contributed by atoms with van der Waals surface area (Å²) in [7, 11) is 0. The molecule has 2 rings (SSSR count). The third-order valence-electron chi connectivity index (χ3n) is 4.09. The van der Waals surface area contributed by atoms with Gasteiger partial charge in [-0.3, -0.25) is 9.59 Å². The van der Waals surface area contributed by atoms with E-state index in [0.717, 1.165) is 32.6 Å². The summed E-state index contributed by atoms with van der Waals surface area (Å²) in [6.45, 7) is 8.38. The average molecular weight is 253 g/mol. The molecule has 2 aliphatic rings.